The molecule has 0 unspecified atom stereocenters. The van der Waals surface area contributed by atoms with Crippen LogP contribution in [0.2, 0.25) is 0 Å². The van der Waals surface area contributed by atoms with E-state index in [1.54, 1.807) is 27.9 Å². The predicted molar refractivity (Wildman–Crippen MR) is 85.3 cm³/mol. The maximum absolute atomic E-state index is 12.6. The van der Waals surface area contributed by atoms with Crippen LogP contribution in [0, 0.1) is 17.0 Å². The second-order valence-corrected chi connectivity index (χ2v) is 5.92. The van der Waals surface area contributed by atoms with Crippen molar-refractivity contribution in [2.75, 3.05) is 4.90 Å². The molecule has 0 saturated heterocycles. The number of aryl methyl sites for hydroxylation is 2. The van der Waals surface area contributed by atoms with Gasteiger partial charge in [0, 0.05) is 43.0 Å². The van der Waals surface area contributed by atoms with Crippen molar-refractivity contribution in [1.82, 2.24) is 9.78 Å². The molecule has 1 amide bonds. The molecular formula is C16H18N4O3. The van der Waals surface area contributed by atoms with Crippen molar-refractivity contribution < 1.29 is 9.72 Å². The van der Waals surface area contributed by atoms with E-state index < -0.39 is 4.92 Å². The molecule has 0 saturated carbocycles. The summed E-state index contributed by atoms with van der Waals surface area (Å²) in [5.74, 6) is 0.0123. The van der Waals surface area contributed by atoms with E-state index in [9.17, 15) is 14.9 Å². The first kappa shape index (κ1) is 15.2. The van der Waals surface area contributed by atoms with Gasteiger partial charge in [-0.1, -0.05) is 0 Å². The Labute approximate surface area is 133 Å². The van der Waals surface area contributed by atoms with Crippen LogP contribution in [-0.4, -0.2) is 26.7 Å². The van der Waals surface area contributed by atoms with E-state index in [0.717, 1.165) is 16.8 Å². The highest BCUT2D eigenvalue weighted by atomic mass is 16.6. The topological polar surface area (TPSA) is 81.3 Å². The molecule has 1 aromatic heterocycles. The molecule has 1 atom stereocenters. The van der Waals surface area contributed by atoms with Gasteiger partial charge in [0.05, 0.1) is 11.1 Å². The molecule has 120 valence electrons. The lowest BCUT2D eigenvalue weighted by Gasteiger charge is -2.22. The Morgan fingerprint density at radius 1 is 1.48 bits per heavy atom. The number of aromatic nitrogens is 2. The molecule has 1 aliphatic heterocycles. The molecule has 0 bridgehead atoms. The number of amides is 1. The summed E-state index contributed by atoms with van der Waals surface area (Å²) in [5, 5.41) is 15.1. The second kappa shape index (κ2) is 5.83. The van der Waals surface area contributed by atoms with Gasteiger partial charge < -0.3 is 4.90 Å². The van der Waals surface area contributed by atoms with Crippen molar-refractivity contribution in [2.24, 2.45) is 0 Å². The van der Waals surface area contributed by atoms with E-state index in [2.05, 4.69) is 5.10 Å². The first-order valence-corrected chi connectivity index (χ1v) is 7.54. The van der Waals surface area contributed by atoms with Crippen LogP contribution in [0.15, 0.2) is 30.6 Å². The summed E-state index contributed by atoms with van der Waals surface area (Å²) in [4.78, 5) is 24.8. The second-order valence-electron chi connectivity index (χ2n) is 5.92. The quantitative estimate of drug-likeness (QED) is 0.641. The number of nitro benzene ring substituents is 1. The summed E-state index contributed by atoms with van der Waals surface area (Å²) >= 11 is 0. The van der Waals surface area contributed by atoms with Gasteiger partial charge in [-0.25, -0.2) is 0 Å². The largest absolute Gasteiger partial charge is 0.309 e. The van der Waals surface area contributed by atoms with Crippen molar-refractivity contribution in [1.29, 1.82) is 0 Å². The van der Waals surface area contributed by atoms with Crippen LogP contribution in [0.5, 0.6) is 0 Å². The summed E-state index contributed by atoms with van der Waals surface area (Å²) in [6.07, 6.45) is 4.65. The molecule has 2 aromatic rings. The van der Waals surface area contributed by atoms with Crippen LogP contribution in [0.4, 0.5) is 11.4 Å². The van der Waals surface area contributed by atoms with E-state index in [-0.39, 0.29) is 17.6 Å². The molecule has 0 fully saturated rings. The SMILES string of the molecule is Cc1cnn(CCC(=O)N2c3ccc([N+](=O)[O-])cc3C[C@H]2C)c1. The summed E-state index contributed by atoms with van der Waals surface area (Å²) in [5.41, 5.74) is 2.77. The number of nitro groups is 1. The number of rotatable bonds is 4. The van der Waals surface area contributed by atoms with Gasteiger partial charge in [-0.15, -0.1) is 0 Å². The lowest BCUT2D eigenvalue weighted by atomic mass is 10.1. The number of fused-ring (bicyclic) bond motifs is 1. The van der Waals surface area contributed by atoms with Crippen LogP contribution < -0.4 is 4.90 Å². The Hall–Kier alpha value is -2.70. The Morgan fingerprint density at radius 2 is 2.26 bits per heavy atom. The Morgan fingerprint density at radius 3 is 2.91 bits per heavy atom. The van der Waals surface area contributed by atoms with Gasteiger partial charge in [-0.05, 0) is 37.5 Å². The molecule has 23 heavy (non-hydrogen) atoms. The number of benzene rings is 1. The van der Waals surface area contributed by atoms with Crippen LogP contribution in [0.25, 0.3) is 0 Å². The molecule has 0 spiro atoms. The lowest BCUT2D eigenvalue weighted by Crippen LogP contribution is -2.36. The first-order valence-electron chi connectivity index (χ1n) is 7.54. The van der Waals surface area contributed by atoms with E-state index >= 15 is 0 Å². The first-order chi connectivity index (χ1) is 11.0. The highest BCUT2D eigenvalue weighted by molar-refractivity contribution is 5.96. The van der Waals surface area contributed by atoms with Crippen LogP contribution in [-0.2, 0) is 17.8 Å². The number of carbonyl (C=O) groups excluding carboxylic acids is 1. The number of hydrogen-bond acceptors (Lipinski definition) is 4. The normalized spacial score (nSPS) is 16.4. The molecule has 0 aliphatic carbocycles. The molecule has 1 aromatic carbocycles. The third-order valence-corrected chi connectivity index (χ3v) is 4.08. The van der Waals surface area contributed by atoms with Gasteiger partial charge in [0.25, 0.3) is 5.69 Å². The van der Waals surface area contributed by atoms with Gasteiger partial charge in [0.15, 0.2) is 0 Å². The molecule has 0 radical (unpaired) electrons. The monoisotopic (exact) mass is 314 g/mol. The fourth-order valence-electron chi connectivity index (χ4n) is 3.03. The summed E-state index contributed by atoms with van der Waals surface area (Å²) in [7, 11) is 0. The molecule has 3 rings (SSSR count). The Bertz CT molecular complexity index is 768. The molecule has 7 nitrogen and oxygen atoms in total. The zero-order valence-corrected chi connectivity index (χ0v) is 13.1. The van der Waals surface area contributed by atoms with Gasteiger partial charge in [0.1, 0.15) is 0 Å². The van der Waals surface area contributed by atoms with E-state index in [4.69, 9.17) is 0 Å². The van der Waals surface area contributed by atoms with Crippen molar-refractivity contribution in [3.63, 3.8) is 0 Å². The molecule has 7 heteroatoms. The van der Waals surface area contributed by atoms with E-state index in [1.165, 1.54) is 6.07 Å². The van der Waals surface area contributed by atoms with Gasteiger partial charge >= 0.3 is 0 Å². The average molecular weight is 314 g/mol. The number of anilines is 1. The van der Waals surface area contributed by atoms with Gasteiger partial charge in [-0.2, -0.15) is 5.10 Å². The van der Waals surface area contributed by atoms with Crippen molar-refractivity contribution in [3.05, 3.63) is 51.8 Å². The van der Waals surface area contributed by atoms with E-state index in [0.29, 0.717) is 19.4 Å². The predicted octanol–water partition coefficient (Wildman–Crippen LogP) is 2.47. The van der Waals surface area contributed by atoms with Crippen molar-refractivity contribution >= 4 is 17.3 Å². The number of carbonyl (C=O) groups is 1. The molecule has 2 heterocycles. The number of nitrogens with zero attached hydrogens (tertiary/aromatic N) is 4. The number of hydrogen-bond donors (Lipinski definition) is 0. The van der Waals surface area contributed by atoms with Crippen molar-refractivity contribution in [3.8, 4) is 0 Å². The molecular weight excluding hydrogens is 296 g/mol. The summed E-state index contributed by atoms with van der Waals surface area (Å²) in [6.45, 7) is 4.44. The highest BCUT2D eigenvalue weighted by Gasteiger charge is 2.31. The van der Waals surface area contributed by atoms with Gasteiger partial charge in [-0.3, -0.25) is 19.6 Å². The van der Waals surface area contributed by atoms with Crippen LogP contribution in [0.3, 0.4) is 0 Å². The maximum Gasteiger partial charge on any atom is 0.269 e. The van der Waals surface area contributed by atoms with Crippen molar-refractivity contribution in [2.45, 2.75) is 39.3 Å². The standard InChI is InChI=1S/C16H18N4O3/c1-11-9-17-18(10-11)6-5-16(21)19-12(2)7-13-8-14(20(22)23)3-4-15(13)19/h3-4,8-10,12H,5-7H2,1-2H3/t12-/m1/s1. The smallest absolute Gasteiger partial charge is 0.269 e. The van der Waals surface area contributed by atoms with Gasteiger partial charge in [0.2, 0.25) is 5.91 Å². The highest BCUT2D eigenvalue weighted by Crippen LogP contribution is 2.35. The minimum Gasteiger partial charge on any atom is -0.309 e. The fourth-order valence-corrected chi connectivity index (χ4v) is 3.03. The number of non-ortho nitro benzene ring substituents is 1. The minimum absolute atomic E-state index is 0.0123. The van der Waals surface area contributed by atoms with Crippen LogP contribution >= 0.6 is 0 Å². The maximum atomic E-state index is 12.6. The Kier molecular flexibility index (Phi) is 3.85. The van der Waals surface area contributed by atoms with Crippen LogP contribution in [0.1, 0.15) is 24.5 Å². The Balaban J connectivity index is 1.75. The lowest BCUT2D eigenvalue weighted by molar-refractivity contribution is -0.384. The fraction of sp³-hybridized carbons (Fsp3) is 0.375. The minimum atomic E-state index is -0.407. The third-order valence-electron chi connectivity index (χ3n) is 4.08. The van der Waals surface area contributed by atoms with E-state index in [1.807, 2.05) is 20.0 Å². The average Bonchev–Trinajstić information content (AvgIpc) is 3.06. The third kappa shape index (κ3) is 2.94. The molecule has 1 aliphatic rings. The summed E-state index contributed by atoms with van der Waals surface area (Å²) < 4.78 is 1.75. The zero-order chi connectivity index (χ0) is 16.6. The molecule has 0 N–H and O–H groups in total. The zero-order valence-electron chi connectivity index (χ0n) is 13.1. The summed E-state index contributed by atoms with van der Waals surface area (Å²) in [6, 6.07) is 4.70.